The summed E-state index contributed by atoms with van der Waals surface area (Å²) in [6.07, 6.45) is 38.2. The molecule has 0 aliphatic carbocycles. The SMILES string of the molecule is CCCCCCCCCCCCCCCCCC(=O)OC[C@H](COCCOCCOCCOCCOCCOCCOCCOCCOCCOCCOCCOCCOCCOCCOCCOCCOCCOCCOCCOCCOCCOCCOCCO)OC(=O)CCCCCCCCCCCCCCCCC. The van der Waals surface area contributed by atoms with E-state index in [0.29, 0.717) is 310 Å². The first-order valence-electron chi connectivity index (χ1n) is 44.4. The second-order valence-electron chi connectivity index (χ2n) is 27.5. The van der Waals surface area contributed by atoms with Crippen molar-refractivity contribution in [2.24, 2.45) is 0 Å². The summed E-state index contributed by atoms with van der Waals surface area (Å²) in [5.41, 5.74) is 0. The normalized spacial score (nSPS) is 12.0. The van der Waals surface area contributed by atoms with Crippen LogP contribution in [-0.4, -0.2) is 340 Å². The van der Waals surface area contributed by atoms with Gasteiger partial charge in [-0.25, -0.2) is 0 Å². The molecule has 0 aliphatic heterocycles. The van der Waals surface area contributed by atoms with Gasteiger partial charge in [-0.3, -0.25) is 9.59 Å². The van der Waals surface area contributed by atoms with Crippen molar-refractivity contribution in [2.45, 2.75) is 225 Å². The molecule has 0 rings (SSSR count). The molecule has 28 heteroatoms. The molecule has 1 N–H and O–H groups in total. The van der Waals surface area contributed by atoms with Gasteiger partial charge in [0.25, 0.3) is 0 Å². The second kappa shape index (κ2) is 104. The number of rotatable bonds is 105. The zero-order chi connectivity index (χ0) is 81.0. The van der Waals surface area contributed by atoms with Crippen LogP contribution in [-0.2, 0) is 128 Å². The summed E-state index contributed by atoms with van der Waals surface area (Å²) in [6, 6.07) is 0. The summed E-state index contributed by atoms with van der Waals surface area (Å²) in [4.78, 5) is 25.6. The summed E-state index contributed by atoms with van der Waals surface area (Å²) in [5, 5.41) is 8.63. The van der Waals surface area contributed by atoms with Crippen LogP contribution in [0.15, 0.2) is 0 Å². The van der Waals surface area contributed by atoms with Crippen molar-refractivity contribution in [2.75, 3.05) is 317 Å². The van der Waals surface area contributed by atoms with Gasteiger partial charge in [-0.05, 0) is 12.8 Å². The molecule has 0 aliphatic rings. The van der Waals surface area contributed by atoms with Crippen molar-refractivity contribution < 1.29 is 133 Å². The third-order valence-electron chi connectivity index (χ3n) is 17.4. The van der Waals surface area contributed by atoms with Crippen molar-refractivity contribution in [3.05, 3.63) is 0 Å². The molecular weight excluding hydrogens is 1470 g/mol. The lowest BCUT2D eigenvalue weighted by Crippen LogP contribution is -2.30. The number of ether oxygens (including phenoxy) is 25. The standard InChI is InChI=1S/C85H168O28/c1-3-5-7-9-11-13-15-17-19-21-23-25-27-29-31-33-84(87)112-82-83(113-85(88)34-32-30-28-26-24-22-20-18-16-14-12-10-8-6-4-2)81-111-80-79-110-78-77-109-76-75-108-74-73-107-72-71-106-70-69-105-68-67-104-66-65-103-64-63-102-62-61-101-60-59-100-58-57-99-56-55-98-54-53-97-52-51-96-50-49-95-48-47-94-46-45-93-44-43-92-42-41-91-40-39-90-38-37-89-36-35-86/h83,86H,3-82H2,1-2H3/t83-/m0/s1. The first-order valence-corrected chi connectivity index (χ1v) is 44.4. The highest BCUT2D eigenvalue weighted by Crippen LogP contribution is 2.17. The molecule has 0 unspecified atom stereocenters. The highest BCUT2D eigenvalue weighted by molar-refractivity contribution is 5.70. The average molecular weight is 1640 g/mol. The Kier molecular flexibility index (Phi) is 102. The lowest BCUT2D eigenvalue weighted by Gasteiger charge is -2.18. The third-order valence-corrected chi connectivity index (χ3v) is 17.4. The van der Waals surface area contributed by atoms with Gasteiger partial charge in [-0.15, -0.1) is 0 Å². The minimum absolute atomic E-state index is 0.0106. The van der Waals surface area contributed by atoms with Gasteiger partial charge in [0.15, 0.2) is 6.10 Å². The number of hydrogen-bond donors (Lipinski definition) is 1. The van der Waals surface area contributed by atoms with E-state index < -0.39 is 6.10 Å². The van der Waals surface area contributed by atoms with E-state index in [9.17, 15) is 9.59 Å². The topological polar surface area (TPSA) is 285 Å². The van der Waals surface area contributed by atoms with Crippen molar-refractivity contribution >= 4 is 11.9 Å². The van der Waals surface area contributed by atoms with Crippen LogP contribution >= 0.6 is 0 Å². The molecule has 0 spiro atoms. The number of carbonyl (C=O) groups is 2. The number of hydrogen-bond acceptors (Lipinski definition) is 28. The van der Waals surface area contributed by atoms with E-state index >= 15 is 0 Å². The van der Waals surface area contributed by atoms with Crippen molar-refractivity contribution in [1.82, 2.24) is 0 Å². The molecular formula is C85H168O28. The summed E-state index contributed by atoms with van der Waals surface area (Å²) in [6.45, 7) is 25.6. The molecule has 0 saturated carbocycles. The first kappa shape index (κ1) is 111. The van der Waals surface area contributed by atoms with E-state index in [0.717, 1.165) is 38.5 Å². The van der Waals surface area contributed by atoms with Gasteiger partial charge in [0, 0.05) is 12.8 Å². The third kappa shape index (κ3) is 102. The molecule has 0 bridgehead atoms. The Morgan fingerprint density at radius 2 is 0.336 bits per heavy atom. The summed E-state index contributed by atoms with van der Waals surface area (Å²) < 4.78 is 139. The molecule has 0 aromatic heterocycles. The van der Waals surface area contributed by atoms with Crippen LogP contribution in [0, 0.1) is 0 Å². The van der Waals surface area contributed by atoms with Crippen molar-refractivity contribution in [3.8, 4) is 0 Å². The van der Waals surface area contributed by atoms with Gasteiger partial charge in [0.1, 0.15) is 6.61 Å². The predicted molar refractivity (Wildman–Crippen MR) is 436 cm³/mol. The van der Waals surface area contributed by atoms with Gasteiger partial charge in [-0.2, -0.15) is 0 Å². The van der Waals surface area contributed by atoms with Crippen LogP contribution in [0.4, 0.5) is 0 Å². The quantitative estimate of drug-likeness (QED) is 0.0437. The number of aliphatic hydroxyl groups is 1. The van der Waals surface area contributed by atoms with Crippen LogP contribution in [0.3, 0.4) is 0 Å². The van der Waals surface area contributed by atoms with Crippen LogP contribution in [0.1, 0.15) is 219 Å². The lowest BCUT2D eigenvalue weighted by molar-refractivity contribution is -0.163. The fourth-order valence-electron chi connectivity index (χ4n) is 11.0. The van der Waals surface area contributed by atoms with E-state index in [1.165, 1.54) is 154 Å². The molecule has 0 fully saturated rings. The number of esters is 2. The van der Waals surface area contributed by atoms with Crippen LogP contribution < -0.4 is 0 Å². The van der Waals surface area contributed by atoms with Crippen LogP contribution in [0.25, 0.3) is 0 Å². The maximum Gasteiger partial charge on any atom is 0.306 e. The molecule has 1 atom stereocenters. The molecule has 0 heterocycles. The van der Waals surface area contributed by atoms with Gasteiger partial charge in [-0.1, -0.05) is 194 Å². The van der Waals surface area contributed by atoms with E-state index in [1.807, 2.05) is 0 Å². The van der Waals surface area contributed by atoms with E-state index in [1.54, 1.807) is 0 Å². The summed E-state index contributed by atoms with van der Waals surface area (Å²) >= 11 is 0. The van der Waals surface area contributed by atoms with E-state index in [4.69, 9.17) is 124 Å². The Morgan fingerprint density at radius 3 is 0.513 bits per heavy atom. The molecule has 0 amide bonds. The molecule has 0 saturated heterocycles. The van der Waals surface area contributed by atoms with Gasteiger partial charge < -0.3 is 124 Å². The first-order chi connectivity index (χ1) is 56.1. The Hall–Kier alpha value is -2.02. The molecule has 0 aromatic rings. The average Bonchev–Trinajstić information content (AvgIpc) is 0.975. The van der Waals surface area contributed by atoms with Crippen LogP contribution in [0.5, 0.6) is 0 Å². The smallest absolute Gasteiger partial charge is 0.306 e. The number of unbranched alkanes of at least 4 members (excludes halogenated alkanes) is 28. The zero-order valence-electron chi connectivity index (χ0n) is 71.6. The molecule has 0 aromatic carbocycles. The Labute approximate surface area is 684 Å². The number of aliphatic hydroxyl groups excluding tert-OH is 1. The van der Waals surface area contributed by atoms with Gasteiger partial charge in [0.2, 0.25) is 0 Å². The molecule has 0 radical (unpaired) electrons. The Balaban J connectivity index is 3.60. The second-order valence-corrected chi connectivity index (χ2v) is 27.5. The van der Waals surface area contributed by atoms with Gasteiger partial charge >= 0.3 is 11.9 Å². The van der Waals surface area contributed by atoms with E-state index in [2.05, 4.69) is 13.8 Å². The predicted octanol–water partition coefficient (Wildman–Crippen LogP) is 12.3. The Bertz CT molecular complexity index is 1740. The maximum absolute atomic E-state index is 12.9. The van der Waals surface area contributed by atoms with Crippen molar-refractivity contribution in [1.29, 1.82) is 0 Å². The van der Waals surface area contributed by atoms with Crippen LogP contribution in [0.2, 0.25) is 0 Å². The van der Waals surface area contributed by atoms with Crippen molar-refractivity contribution in [3.63, 3.8) is 0 Å². The fourth-order valence-corrected chi connectivity index (χ4v) is 11.0. The fraction of sp³-hybridized carbons (Fsp3) is 0.976. The van der Waals surface area contributed by atoms with Gasteiger partial charge in [0.05, 0.1) is 311 Å². The largest absolute Gasteiger partial charge is 0.462 e. The summed E-state index contributed by atoms with van der Waals surface area (Å²) in [5.74, 6) is -0.526. The zero-order valence-corrected chi connectivity index (χ0v) is 71.6. The minimum atomic E-state index is -0.662. The van der Waals surface area contributed by atoms with E-state index in [-0.39, 0.29) is 31.8 Å². The Morgan fingerprint density at radius 1 is 0.186 bits per heavy atom. The maximum atomic E-state index is 12.9. The molecule has 113 heavy (non-hydrogen) atoms. The summed E-state index contributed by atoms with van der Waals surface area (Å²) in [7, 11) is 0. The molecule has 676 valence electrons. The number of carbonyl (C=O) groups excluding carboxylic acids is 2. The highest BCUT2D eigenvalue weighted by Gasteiger charge is 2.18. The minimum Gasteiger partial charge on any atom is -0.462 e. The highest BCUT2D eigenvalue weighted by atomic mass is 16.6. The molecule has 28 nitrogen and oxygen atoms in total. The monoisotopic (exact) mass is 1640 g/mol. The lowest BCUT2D eigenvalue weighted by atomic mass is 10.0.